The summed E-state index contributed by atoms with van der Waals surface area (Å²) in [4.78, 5) is 44.2. The average molecular weight is 512 g/mol. The lowest BCUT2D eigenvalue weighted by molar-refractivity contribution is -0.150. The summed E-state index contributed by atoms with van der Waals surface area (Å²) in [6, 6.07) is 3.55. The Morgan fingerprint density at radius 1 is 1.22 bits per heavy atom. The third-order valence-electron chi connectivity index (χ3n) is 6.48. The van der Waals surface area contributed by atoms with Gasteiger partial charge in [-0.25, -0.2) is 19.7 Å². The molecule has 0 bridgehead atoms. The first kappa shape index (κ1) is 25.3. The van der Waals surface area contributed by atoms with Crippen LogP contribution in [0.3, 0.4) is 0 Å². The number of oxime groups is 1. The van der Waals surface area contributed by atoms with Gasteiger partial charge in [0.25, 0.3) is 0 Å². The molecule has 1 aromatic carbocycles. The van der Waals surface area contributed by atoms with Crippen LogP contribution in [0.15, 0.2) is 29.7 Å². The second kappa shape index (κ2) is 10.9. The molecule has 1 fully saturated rings. The quantitative estimate of drug-likeness (QED) is 0.305. The minimum absolute atomic E-state index is 0.315. The molecule has 0 aliphatic carbocycles. The first-order valence-electron chi connectivity index (χ1n) is 11.8. The Balaban J connectivity index is 1.58. The molecule has 3 heterocycles. The summed E-state index contributed by atoms with van der Waals surface area (Å²) >= 11 is 1.35. The molecule has 12 heteroatoms. The number of carbonyl (C=O) groups is 2. The number of aromatic nitrogens is 3. The van der Waals surface area contributed by atoms with E-state index in [0.717, 1.165) is 21.4 Å². The largest absolute Gasteiger partial charge is 0.481 e. The SMILES string of the molecule is CCNC(=O)Nc1nc2cc(-c3cnc(N4CCC(CC)(C(=O)O)CC4)nc3)cc(/C=N/OC)c2s1. The molecule has 0 saturated carbocycles. The number of rotatable bonds is 8. The van der Waals surface area contributed by atoms with Crippen LogP contribution in [0.25, 0.3) is 21.3 Å². The van der Waals surface area contributed by atoms with Crippen LogP contribution in [-0.4, -0.2) is 65.0 Å². The van der Waals surface area contributed by atoms with Crippen molar-refractivity contribution in [2.24, 2.45) is 10.6 Å². The Labute approximate surface area is 212 Å². The van der Waals surface area contributed by atoms with E-state index in [1.165, 1.54) is 18.4 Å². The van der Waals surface area contributed by atoms with E-state index in [-0.39, 0.29) is 6.03 Å². The Bertz CT molecular complexity index is 1270. The third kappa shape index (κ3) is 5.23. The predicted molar refractivity (Wildman–Crippen MR) is 140 cm³/mol. The highest BCUT2D eigenvalue weighted by Crippen LogP contribution is 2.36. The summed E-state index contributed by atoms with van der Waals surface area (Å²) in [6.07, 6.45) is 6.85. The maximum absolute atomic E-state index is 11.9. The van der Waals surface area contributed by atoms with Gasteiger partial charge in [-0.05, 0) is 43.9 Å². The monoisotopic (exact) mass is 511 g/mol. The number of thiazole rings is 1. The highest BCUT2D eigenvalue weighted by molar-refractivity contribution is 7.22. The number of carboxylic acid groups (broad SMARTS) is 1. The normalized spacial score (nSPS) is 15.2. The lowest BCUT2D eigenvalue weighted by Crippen LogP contribution is -2.44. The van der Waals surface area contributed by atoms with Gasteiger partial charge in [0.2, 0.25) is 5.95 Å². The van der Waals surface area contributed by atoms with E-state index in [2.05, 4.69) is 30.7 Å². The molecule has 1 aliphatic rings. The number of amides is 2. The van der Waals surface area contributed by atoms with Gasteiger partial charge in [-0.2, -0.15) is 0 Å². The fraction of sp³-hybridized carbons (Fsp3) is 0.417. The van der Waals surface area contributed by atoms with Gasteiger partial charge in [0, 0.05) is 43.2 Å². The Hall–Kier alpha value is -3.80. The molecule has 0 unspecified atom stereocenters. The van der Waals surface area contributed by atoms with Gasteiger partial charge in [-0.1, -0.05) is 23.4 Å². The number of nitrogens with zero attached hydrogens (tertiary/aromatic N) is 5. The molecule has 0 spiro atoms. The van der Waals surface area contributed by atoms with Crippen LogP contribution in [-0.2, 0) is 9.63 Å². The zero-order valence-corrected chi connectivity index (χ0v) is 21.3. The number of carbonyl (C=O) groups excluding carboxylic acids is 1. The van der Waals surface area contributed by atoms with Crippen molar-refractivity contribution in [3.05, 3.63) is 30.1 Å². The van der Waals surface area contributed by atoms with Crippen molar-refractivity contribution >= 4 is 50.8 Å². The van der Waals surface area contributed by atoms with E-state index in [9.17, 15) is 14.7 Å². The topological polar surface area (TPSA) is 142 Å². The van der Waals surface area contributed by atoms with Crippen LogP contribution in [0.1, 0.15) is 38.7 Å². The van der Waals surface area contributed by atoms with Gasteiger partial charge in [-0.3, -0.25) is 10.1 Å². The number of fused-ring (bicyclic) bond motifs is 1. The fourth-order valence-corrected chi connectivity index (χ4v) is 5.19. The number of hydrogen-bond acceptors (Lipinski definition) is 9. The van der Waals surface area contributed by atoms with Crippen molar-refractivity contribution in [1.29, 1.82) is 0 Å². The third-order valence-corrected chi connectivity index (χ3v) is 7.51. The number of carboxylic acids is 1. The maximum Gasteiger partial charge on any atom is 0.321 e. The lowest BCUT2D eigenvalue weighted by atomic mass is 9.76. The zero-order chi connectivity index (χ0) is 25.7. The van der Waals surface area contributed by atoms with E-state index >= 15 is 0 Å². The van der Waals surface area contributed by atoms with Crippen LogP contribution in [0.5, 0.6) is 0 Å². The number of piperidine rings is 1. The Morgan fingerprint density at radius 3 is 2.56 bits per heavy atom. The molecule has 3 N–H and O–H groups in total. The molecule has 36 heavy (non-hydrogen) atoms. The number of benzene rings is 1. The average Bonchev–Trinajstić information content (AvgIpc) is 3.29. The van der Waals surface area contributed by atoms with Gasteiger partial charge >= 0.3 is 12.0 Å². The molecule has 0 radical (unpaired) electrons. The second-order valence-electron chi connectivity index (χ2n) is 8.53. The number of hydrogen-bond donors (Lipinski definition) is 3. The highest BCUT2D eigenvalue weighted by atomic mass is 32.1. The Morgan fingerprint density at radius 2 is 1.94 bits per heavy atom. The van der Waals surface area contributed by atoms with Crippen LogP contribution < -0.4 is 15.5 Å². The van der Waals surface area contributed by atoms with Gasteiger partial charge in [0.05, 0.1) is 21.8 Å². The molecule has 190 valence electrons. The molecular formula is C24H29N7O4S. The van der Waals surface area contributed by atoms with Gasteiger partial charge < -0.3 is 20.2 Å². The summed E-state index contributed by atoms with van der Waals surface area (Å²) in [5.41, 5.74) is 2.46. The van der Waals surface area contributed by atoms with Crippen molar-refractivity contribution in [1.82, 2.24) is 20.3 Å². The van der Waals surface area contributed by atoms with Crippen molar-refractivity contribution < 1.29 is 19.5 Å². The van der Waals surface area contributed by atoms with Crippen LogP contribution in [0.4, 0.5) is 15.9 Å². The predicted octanol–water partition coefficient (Wildman–Crippen LogP) is 3.96. The molecule has 11 nitrogen and oxygen atoms in total. The molecule has 1 saturated heterocycles. The smallest absolute Gasteiger partial charge is 0.321 e. The summed E-state index contributed by atoms with van der Waals surface area (Å²) in [5.74, 6) is -0.145. The van der Waals surface area contributed by atoms with Crippen molar-refractivity contribution in [2.45, 2.75) is 33.1 Å². The van der Waals surface area contributed by atoms with Crippen molar-refractivity contribution in [2.75, 3.05) is 37.0 Å². The van der Waals surface area contributed by atoms with E-state index in [1.54, 1.807) is 18.6 Å². The summed E-state index contributed by atoms with van der Waals surface area (Å²) in [5, 5.41) is 19.5. The molecule has 3 aromatic rings. The van der Waals surface area contributed by atoms with Crippen LogP contribution in [0, 0.1) is 5.41 Å². The van der Waals surface area contributed by atoms with E-state index < -0.39 is 11.4 Å². The zero-order valence-electron chi connectivity index (χ0n) is 20.4. The first-order chi connectivity index (χ1) is 17.4. The van der Waals surface area contributed by atoms with Gasteiger partial charge in [0.1, 0.15) is 7.11 Å². The molecule has 4 rings (SSSR count). The van der Waals surface area contributed by atoms with E-state index in [4.69, 9.17) is 4.84 Å². The van der Waals surface area contributed by atoms with Crippen LogP contribution >= 0.6 is 11.3 Å². The maximum atomic E-state index is 11.9. The number of nitrogens with one attached hydrogen (secondary N) is 2. The van der Waals surface area contributed by atoms with Crippen LogP contribution in [0.2, 0.25) is 0 Å². The van der Waals surface area contributed by atoms with E-state index in [1.807, 2.05) is 30.9 Å². The standard InChI is InChI=1S/C24H29N7O4S/c1-4-24(20(32)33)6-8-31(9-7-24)21-26-12-17(13-27-21)15-10-16(14-28-35-3)19-18(11-15)29-23(36-19)30-22(34)25-5-2/h10-14H,4-9H2,1-3H3,(H,32,33)(H2,25,29,30,34)/b28-14+. The molecule has 0 atom stereocenters. The lowest BCUT2D eigenvalue weighted by Gasteiger charge is -2.38. The summed E-state index contributed by atoms with van der Waals surface area (Å²) in [6.45, 7) is 5.49. The van der Waals surface area contributed by atoms with E-state index in [0.29, 0.717) is 55.5 Å². The van der Waals surface area contributed by atoms with Crippen molar-refractivity contribution in [3.63, 3.8) is 0 Å². The fourth-order valence-electron chi connectivity index (χ4n) is 4.27. The first-order valence-corrected chi connectivity index (χ1v) is 12.6. The van der Waals surface area contributed by atoms with Gasteiger partial charge in [-0.15, -0.1) is 0 Å². The molecule has 2 amide bonds. The minimum Gasteiger partial charge on any atom is -0.481 e. The summed E-state index contributed by atoms with van der Waals surface area (Å²) < 4.78 is 0.857. The molecule has 1 aliphatic heterocycles. The number of aliphatic carboxylic acids is 1. The second-order valence-corrected chi connectivity index (χ2v) is 9.53. The molecule has 2 aromatic heterocycles. The number of anilines is 2. The Kier molecular flexibility index (Phi) is 7.63. The van der Waals surface area contributed by atoms with Crippen molar-refractivity contribution in [3.8, 4) is 11.1 Å². The van der Waals surface area contributed by atoms with Gasteiger partial charge in [0.15, 0.2) is 5.13 Å². The number of urea groups is 1. The minimum atomic E-state index is -0.726. The summed E-state index contributed by atoms with van der Waals surface area (Å²) in [7, 11) is 1.47. The highest BCUT2D eigenvalue weighted by Gasteiger charge is 2.40. The molecular weight excluding hydrogens is 482 g/mol.